The first-order valence-electron chi connectivity index (χ1n) is 9.38. The van der Waals surface area contributed by atoms with Gasteiger partial charge in [0.05, 0.1) is 21.7 Å². The summed E-state index contributed by atoms with van der Waals surface area (Å²) in [5, 5.41) is 6.27. The largest absolute Gasteiger partial charge is 0.349 e. The van der Waals surface area contributed by atoms with Gasteiger partial charge in [-0.15, -0.1) is 11.3 Å². The topological polar surface area (TPSA) is 42.0 Å². The minimum absolute atomic E-state index is 0.0207. The lowest BCUT2D eigenvalue weighted by Gasteiger charge is -2.34. The fourth-order valence-electron chi connectivity index (χ4n) is 3.95. The average Bonchev–Trinajstić information content (AvgIpc) is 3.19. The molecule has 0 bridgehead atoms. The summed E-state index contributed by atoms with van der Waals surface area (Å²) in [6.07, 6.45) is 3.51. The van der Waals surface area contributed by atoms with Gasteiger partial charge in [0.1, 0.15) is 0 Å². The molecule has 3 aromatic rings. The summed E-state index contributed by atoms with van der Waals surface area (Å²) in [6, 6.07) is 14.2. The zero-order valence-corrected chi connectivity index (χ0v) is 16.1. The molecule has 26 heavy (non-hydrogen) atoms. The second-order valence-corrected chi connectivity index (χ2v) is 8.34. The Morgan fingerprint density at radius 3 is 2.81 bits per heavy atom. The van der Waals surface area contributed by atoms with Gasteiger partial charge in [0.15, 0.2) is 0 Å². The minimum atomic E-state index is 0.0207. The number of hydrogen-bond donors (Lipinski definition) is 1. The van der Waals surface area contributed by atoms with E-state index in [1.54, 1.807) is 11.3 Å². The fraction of sp³-hybridized carbons (Fsp3) is 0.364. The van der Waals surface area contributed by atoms with Gasteiger partial charge >= 0.3 is 0 Å². The highest BCUT2D eigenvalue weighted by molar-refractivity contribution is 7.13. The number of fused-ring (bicyclic) bond motifs is 1. The SMILES string of the molecule is CC1CCCC(NC(=O)c2cc(-c3cccs3)nc3ccccc23)C1C. The summed E-state index contributed by atoms with van der Waals surface area (Å²) in [5.41, 5.74) is 2.46. The number of benzene rings is 1. The molecule has 0 saturated heterocycles. The van der Waals surface area contributed by atoms with Crippen LogP contribution < -0.4 is 5.32 Å². The average molecular weight is 365 g/mol. The van der Waals surface area contributed by atoms with Gasteiger partial charge < -0.3 is 5.32 Å². The third-order valence-corrected chi connectivity index (χ3v) is 6.65. The van der Waals surface area contributed by atoms with Gasteiger partial charge in [0.2, 0.25) is 0 Å². The molecule has 1 aliphatic carbocycles. The molecular formula is C22H24N2OS. The second-order valence-electron chi connectivity index (χ2n) is 7.40. The first-order chi connectivity index (χ1) is 12.6. The Balaban J connectivity index is 1.71. The molecular weight excluding hydrogens is 340 g/mol. The van der Waals surface area contributed by atoms with E-state index in [0.29, 0.717) is 11.8 Å². The number of carbonyl (C=O) groups is 1. The lowest BCUT2D eigenvalue weighted by molar-refractivity contribution is 0.0892. The van der Waals surface area contributed by atoms with Crippen LogP contribution in [0.1, 0.15) is 43.5 Å². The van der Waals surface area contributed by atoms with Crippen molar-refractivity contribution in [2.45, 2.75) is 39.2 Å². The molecule has 0 aliphatic heterocycles. The Hall–Kier alpha value is -2.20. The Bertz CT molecular complexity index is 919. The van der Waals surface area contributed by atoms with Gasteiger partial charge in [0.25, 0.3) is 5.91 Å². The molecule has 1 aliphatic rings. The van der Waals surface area contributed by atoms with E-state index in [2.05, 4.69) is 19.2 Å². The van der Waals surface area contributed by atoms with E-state index in [1.807, 2.05) is 47.8 Å². The monoisotopic (exact) mass is 364 g/mol. The molecule has 4 rings (SSSR count). The summed E-state index contributed by atoms with van der Waals surface area (Å²) in [5.74, 6) is 1.19. The minimum Gasteiger partial charge on any atom is -0.349 e. The molecule has 1 N–H and O–H groups in total. The maximum Gasteiger partial charge on any atom is 0.252 e. The maximum atomic E-state index is 13.2. The number of carbonyl (C=O) groups excluding carboxylic acids is 1. The molecule has 1 fully saturated rings. The smallest absolute Gasteiger partial charge is 0.252 e. The second kappa shape index (κ2) is 7.20. The maximum absolute atomic E-state index is 13.2. The van der Waals surface area contributed by atoms with E-state index < -0.39 is 0 Å². The normalized spacial score (nSPS) is 23.1. The van der Waals surface area contributed by atoms with E-state index in [9.17, 15) is 4.79 Å². The standard InChI is InChI=1S/C22H24N2OS/c1-14-7-5-10-18(15(14)2)24-22(25)17-13-20(21-11-6-12-26-21)23-19-9-4-3-8-16(17)19/h3-4,6,8-9,11-15,18H,5,7,10H2,1-2H3,(H,24,25). The number of para-hydroxylation sites is 1. The number of aromatic nitrogens is 1. The summed E-state index contributed by atoms with van der Waals surface area (Å²) in [6.45, 7) is 4.55. The number of pyridine rings is 1. The van der Waals surface area contributed by atoms with Crippen molar-refractivity contribution in [3.05, 3.63) is 53.4 Å². The Morgan fingerprint density at radius 2 is 2.00 bits per heavy atom. The van der Waals surface area contributed by atoms with Crippen molar-refractivity contribution in [1.82, 2.24) is 10.3 Å². The molecule has 3 atom stereocenters. The van der Waals surface area contributed by atoms with Crippen LogP contribution in [0.4, 0.5) is 0 Å². The molecule has 1 aromatic carbocycles. The van der Waals surface area contributed by atoms with Crippen LogP contribution in [0.2, 0.25) is 0 Å². The van der Waals surface area contributed by atoms with E-state index >= 15 is 0 Å². The van der Waals surface area contributed by atoms with Crippen LogP contribution in [0, 0.1) is 11.8 Å². The first kappa shape index (κ1) is 17.2. The molecule has 0 radical (unpaired) electrons. The Labute approximate surface area is 158 Å². The lowest BCUT2D eigenvalue weighted by atomic mass is 9.78. The van der Waals surface area contributed by atoms with Crippen molar-refractivity contribution in [3.8, 4) is 10.6 Å². The van der Waals surface area contributed by atoms with Crippen molar-refractivity contribution in [2.24, 2.45) is 11.8 Å². The van der Waals surface area contributed by atoms with Gasteiger partial charge in [0, 0.05) is 11.4 Å². The van der Waals surface area contributed by atoms with Crippen molar-refractivity contribution < 1.29 is 4.79 Å². The van der Waals surface area contributed by atoms with Crippen LogP contribution in [0.25, 0.3) is 21.5 Å². The van der Waals surface area contributed by atoms with Gasteiger partial charge in [-0.1, -0.05) is 51.0 Å². The molecule has 134 valence electrons. The van der Waals surface area contributed by atoms with E-state index in [-0.39, 0.29) is 11.9 Å². The number of nitrogens with one attached hydrogen (secondary N) is 1. The van der Waals surface area contributed by atoms with Gasteiger partial charge in [-0.05, 0) is 41.8 Å². The first-order valence-corrected chi connectivity index (χ1v) is 10.3. The molecule has 2 heterocycles. The van der Waals surface area contributed by atoms with E-state index in [0.717, 1.165) is 33.5 Å². The van der Waals surface area contributed by atoms with Crippen molar-refractivity contribution in [3.63, 3.8) is 0 Å². The van der Waals surface area contributed by atoms with Crippen LogP contribution >= 0.6 is 11.3 Å². The van der Waals surface area contributed by atoms with E-state index in [1.165, 1.54) is 12.8 Å². The number of hydrogen-bond acceptors (Lipinski definition) is 3. The molecule has 3 unspecified atom stereocenters. The van der Waals surface area contributed by atoms with Crippen molar-refractivity contribution in [1.29, 1.82) is 0 Å². The third-order valence-electron chi connectivity index (χ3n) is 5.76. The highest BCUT2D eigenvalue weighted by Crippen LogP contribution is 2.31. The van der Waals surface area contributed by atoms with Crippen LogP contribution in [0.15, 0.2) is 47.8 Å². The Morgan fingerprint density at radius 1 is 1.15 bits per heavy atom. The summed E-state index contributed by atoms with van der Waals surface area (Å²) < 4.78 is 0. The summed E-state index contributed by atoms with van der Waals surface area (Å²) in [7, 11) is 0. The van der Waals surface area contributed by atoms with E-state index in [4.69, 9.17) is 4.98 Å². The van der Waals surface area contributed by atoms with Crippen molar-refractivity contribution >= 4 is 28.1 Å². The zero-order chi connectivity index (χ0) is 18.1. The van der Waals surface area contributed by atoms with Crippen LogP contribution in [0.3, 0.4) is 0 Å². The van der Waals surface area contributed by atoms with Crippen LogP contribution in [-0.4, -0.2) is 16.9 Å². The molecule has 1 saturated carbocycles. The van der Waals surface area contributed by atoms with Crippen LogP contribution in [0.5, 0.6) is 0 Å². The number of nitrogens with zero attached hydrogens (tertiary/aromatic N) is 1. The molecule has 3 nitrogen and oxygen atoms in total. The molecule has 0 spiro atoms. The highest BCUT2D eigenvalue weighted by atomic mass is 32.1. The number of amides is 1. The van der Waals surface area contributed by atoms with Crippen molar-refractivity contribution in [2.75, 3.05) is 0 Å². The molecule has 4 heteroatoms. The predicted octanol–water partition coefficient (Wildman–Crippen LogP) is 5.52. The fourth-order valence-corrected chi connectivity index (χ4v) is 4.63. The Kier molecular flexibility index (Phi) is 4.77. The summed E-state index contributed by atoms with van der Waals surface area (Å²) in [4.78, 5) is 19.0. The molecule has 1 amide bonds. The van der Waals surface area contributed by atoms with Gasteiger partial charge in [-0.25, -0.2) is 4.98 Å². The third kappa shape index (κ3) is 3.26. The quantitative estimate of drug-likeness (QED) is 0.665. The number of rotatable bonds is 3. The molecule has 2 aromatic heterocycles. The summed E-state index contributed by atoms with van der Waals surface area (Å²) >= 11 is 1.65. The highest BCUT2D eigenvalue weighted by Gasteiger charge is 2.29. The lowest BCUT2D eigenvalue weighted by Crippen LogP contribution is -2.43. The predicted molar refractivity (Wildman–Crippen MR) is 108 cm³/mol. The van der Waals surface area contributed by atoms with Gasteiger partial charge in [-0.2, -0.15) is 0 Å². The number of thiophene rings is 1. The zero-order valence-electron chi connectivity index (χ0n) is 15.2. The van der Waals surface area contributed by atoms with Crippen LogP contribution in [-0.2, 0) is 0 Å². The van der Waals surface area contributed by atoms with Gasteiger partial charge in [-0.3, -0.25) is 4.79 Å².